The van der Waals surface area contributed by atoms with Crippen LogP contribution in [0.2, 0.25) is 5.02 Å². The second-order valence-corrected chi connectivity index (χ2v) is 9.19. The lowest BCUT2D eigenvalue weighted by molar-refractivity contribution is 0.506. The molecule has 1 heterocycles. The molecule has 1 aliphatic carbocycles. The number of sulfonamides is 1. The highest BCUT2D eigenvalue weighted by Gasteiger charge is 2.25. The average molecular weight is 389 g/mol. The first-order valence-electron chi connectivity index (χ1n) is 8.83. The minimum absolute atomic E-state index is 0.0575. The van der Waals surface area contributed by atoms with Crippen LogP contribution >= 0.6 is 11.6 Å². The molecule has 26 heavy (non-hydrogen) atoms. The van der Waals surface area contributed by atoms with E-state index >= 15 is 0 Å². The highest BCUT2D eigenvalue weighted by atomic mass is 35.5. The van der Waals surface area contributed by atoms with Crippen LogP contribution in [0, 0.1) is 0 Å². The number of fused-ring (bicyclic) bond motifs is 3. The number of benzene rings is 2. The summed E-state index contributed by atoms with van der Waals surface area (Å²) in [5, 5.41) is 1.84. The van der Waals surface area contributed by atoms with Crippen LogP contribution in [0.15, 0.2) is 48.5 Å². The molecular weight excluding hydrogens is 368 g/mol. The van der Waals surface area contributed by atoms with Gasteiger partial charge in [0.05, 0.1) is 5.75 Å². The standard InChI is InChI=1S/C20H21ClN2O2S/c21-15-6-8-17-18-13-16(7-9-19(18)22-20(17)12-15)23-26(24,25)11-10-14-4-2-1-3-5-14/h1-6,8,12,16,22-23H,7,9-11,13H2. The maximum Gasteiger partial charge on any atom is 0.212 e. The van der Waals surface area contributed by atoms with Crippen LogP contribution in [0.3, 0.4) is 0 Å². The van der Waals surface area contributed by atoms with Crippen LogP contribution in [0.25, 0.3) is 10.9 Å². The molecule has 0 saturated carbocycles. The molecule has 2 N–H and O–H groups in total. The SMILES string of the molecule is O=S(=O)(CCc1ccccc1)NC1CCc2[nH]c3cc(Cl)ccc3c2C1. The van der Waals surface area contributed by atoms with Crippen molar-refractivity contribution in [1.29, 1.82) is 0 Å². The first kappa shape index (κ1) is 17.6. The Morgan fingerprint density at radius 3 is 2.77 bits per heavy atom. The van der Waals surface area contributed by atoms with Gasteiger partial charge in [0, 0.05) is 27.7 Å². The lowest BCUT2D eigenvalue weighted by atomic mass is 9.92. The van der Waals surface area contributed by atoms with Crippen molar-refractivity contribution in [2.45, 2.75) is 31.7 Å². The number of aromatic nitrogens is 1. The van der Waals surface area contributed by atoms with Gasteiger partial charge in [-0.1, -0.05) is 48.0 Å². The van der Waals surface area contributed by atoms with E-state index in [1.807, 2.05) is 48.5 Å². The zero-order chi connectivity index (χ0) is 18.1. The Bertz CT molecular complexity index is 1030. The van der Waals surface area contributed by atoms with Gasteiger partial charge in [-0.25, -0.2) is 13.1 Å². The molecule has 4 nitrogen and oxygen atoms in total. The summed E-state index contributed by atoms with van der Waals surface area (Å²) in [5.41, 5.74) is 4.47. The second-order valence-electron chi connectivity index (χ2n) is 6.88. The summed E-state index contributed by atoms with van der Waals surface area (Å²) in [6.07, 6.45) is 2.88. The number of nitrogens with one attached hydrogen (secondary N) is 2. The number of aromatic amines is 1. The van der Waals surface area contributed by atoms with Crippen LogP contribution in [0.5, 0.6) is 0 Å². The Balaban J connectivity index is 1.46. The van der Waals surface area contributed by atoms with E-state index in [9.17, 15) is 8.42 Å². The van der Waals surface area contributed by atoms with E-state index in [0.717, 1.165) is 29.3 Å². The highest BCUT2D eigenvalue weighted by Crippen LogP contribution is 2.31. The smallest absolute Gasteiger partial charge is 0.212 e. The summed E-state index contributed by atoms with van der Waals surface area (Å²) in [6, 6.07) is 15.5. The normalized spacial score (nSPS) is 17.3. The van der Waals surface area contributed by atoms with Gasteiger partial charge in [0.25, 0.3) is 0 Å². The van der Waals surface area contributed by atoms with Crippen LogP contribution in [0.4, 0.5) is 0 Å². The predicted molar refractivity (Wildman–Crippen MR) is 106 cm³/mol. The Labute approximate surface area is 158 Å². The number of halogens is 1. The molecule has 0 spiro atoms. The van der Waals surface area contributed by atoms with E-state index in [0.29, 0.717) is 17.9 Å². The Hall–Kier alpha value is -1.82. The first-order valence-corrected chi connectivity index (χ1v) is 10.9. The van der Waals surface area contributed by atoms with E-state index in [1.54, 1.807) is 0 Å². The molecule has 1 unspecified atom stereocenters. The fourth-order valence-electron chi connectivity index (χ4n) is 3.71. The molecule has 6 heteroatoms. The largest absolute Gasteiger partial charge is 0.358 e. The maximum absolute atomic E-state index is 12.5. The van der Waals surface area contributed by atoms with Crippen molar-refractivity contribution in [3.8, 4) is 0 Å². The number of hydrogen-bond donors (Lipinski definition) is 2. The van der Waals surface area contributed by atoms with Gasteiger partial charge in [0.1, 0.15) is 0 Å². The fourth-order valence-corrected chi connectivity index (χ4v) is 5.21. The molecule has 4 rings (SSSR count). The summed E-state index contributed by atoms with van der Waals surface area (Å²) in [7, 11) is -3.31. The molecule has 136 valence electrons. The van der Waals surface area contributed by atoms with Crippen molar-refractivity contribution >= 4 is 32.5 Å². The van der Waals surface area contributed by atoms with Crippen molar-refractivity contribution in [1.82, 2.24) is 9.71 Å². The lowest BCUT2D eigenvalue weighted by Gasteiger charge is -2.23. The molecule has 2 aromatic carbocycles. The van der Waals surface area contributed by atoms with Gasteiger partial charge in [-0.2, -0.15) is 0 Å². The lowest BCUT2D eigenvalue weighted by Crippen LogP contribution is -2.40. The third-order valence-corrected chi connectivity index (χ3v) is 6.67. The van der Waals surface area contributed by atoms with Crippen molar-refractivity contribution in [2.24, 2.45) is 0 Å². The van der Waals surface area contributed by atoms with Gasteiger partial charge in [0.2, 0.25) is 10.0 Å². The van der Waals surface area contributed by atoms with Gasteiger partial charge in [0.15, 0.2) is 0 Å². The van der Waals surface area contributed by atoms with Gasteiger partial charge in [-0.05, 0) is 48.9 Å². The van der Waals surface area contributed by atoms with Gasteiger partial charge >= 0.3 is 0 Å². The minimum Gasteiger partial charge on any atom is -0.358 e. The van der Waals surface area contributed by atoms with Crippen LogP contribution in [0.1, 0.15) is 23.2 Å². The van der Waals surface area contributed by atoms with Gasteiger partial charge in [-0.3, -0.25) is 0 Å². The van der Waals surface area contributed by atoms with Gasteiger partial charge < -0.3 is 4.98 Å². The van der Waals surface area contributed by atoms with Gasteiger partial charge in [-0.15, -0.1) is 0 Å². The van der Waals surface area contributed by atoms with E-state index in [4.69, 9.17) is 11.6 Å². The van der Waals surface area contributed by atoms with E-state index in [-0.39, 0.29) is 11.8 Å². The molecule has 0 amide bonds. The number of rotatable bonds is 5. The molecule has 1 aliphatic rings. The first-order chi connectivity index (χ1) is 12.5. The molecule has 0 aliphatic heterocycles. The highest BCUT2D eigenvalue weighted by molar-refractivity contribution is 7.89. The zero-order valence-electron chi connectivity index (χ0n) is 14.3. The predicted octanol–water partition coefficient (Wildman–Crippen LogP) is 3.84. The summed E-state index contributed by atoms with van der Waals surface area (Å²) in [5.74, 6) is 0.115. The minimum atomic E-state index is -3.31. The summed E-state index contributed by atoms with van der Waals surface area (Å²) >= 11 is 6.07. The zero-order valence-corrected chi connectivity index (χ0v) is 15.9. The van der Waals surface area contributed by atoms with E-state index < -0.39 is 10.0 Å². The number of H-pyrrole nitrogens is 1. The molecule has 1 atom stereocenters. The van der Waals surface area contributed by atoms with Crippen LogP contribution < -0.4 is 4.72 Å². The van der Waals surface area contributed by atoms with Crippen molar-refractivity contribution in [3.05, 3.63) is 70.4 Å². The molecule has 0 radical (unpaired) electrons. The topological polar surface area (TPSA) is 62.0 Å². The third kappa shape index (κ3) is 3.80. The van der Waals surface area contributed by atoms with E-state index in [1.165, 1.54) is 11.3 Å². The molecule has 3 aromatic rings. The van der Waals surface area contributed by atoms with Crippen molar-refractivity contribution in [3.63, 3.8) is 0 Å². The van der Waals surface area contributed by atoms with Crippen molar-refractivity contribution in [2.75, 3.05) is 5.75 Å². The Kier molecular flexibility index (Phi) is 4.78. The maximum atomic E-state index is 12.5. The van der Waals surface area contributed by atoms with Crippen molar-refractivity contribution < 1.29 is 8.42 Å². The van der Waals surface area contributed by atoms with E-state index in [2.05, 4.69) is 9.71 Å². The van der Waals surface area contributed by atoms with Crippen LogP contribution in [-0.4, -0.2) is 25.2 Å². The van der Waals surface area contributed by atoms with Crippen LogP contribution in [-0.2, 0) is 29.3 Å². The molecule has 0 saturated heterocycles. The number of aryl methyl sites for hydroxylation is 2. The quantitative estimate of drug-likeness (QED) is 0.697. The summed E-state index contributed by atoms with van der Waals surface area (Å²) < 4.78 is 27.9. The third-order valence-electron chi connectivity index (χ3n) is 5.00. The monoisotopic (exact) mass is 388 g/mol. The summed E-state index contributed by atoms with van der Waals surface area (Å²) in [4.78, 5) is 3.43. The Morgan fingerprint density at radius 1 is 1.15 bits per heavy atom. The molecular formula is C20H21ClN2O2S. The average Bonchev–Trinajstić information content (AvgIpc) is 2.97. The molecule has 1 aromatic heterocycles. The molecule has 0 fully saturated rings. The summed E-state index contributed by atoms with van der Waals surface area (Å²) in [6.45, 7) is 0. The fraction of sp³-hybridized carbons (Fsp3) is 0.300. The molecule has 0 bridgehead atoms. The second kappa shape index (κ2) is 7.06. The Morgan fingerprint density at radius 2 is 1.96 bits per heavy atom. The number of hydrogen-bond acceptors (Lipinski definition) is 2.